The summed E-state index contributed by atoms with van der Waals surface area (Å²) in [6, 6.07) is 0. The molecule has 0 spiro atoms. The summed E-state index contributed by atoms with van der Waals surface area (Å²) in [5.41, 5.74) is 5.27. The smallest absolute Gasteiger partial charge is 0.226 e. The van der Waals surface area contributed by atoms with Gasteiger partial charge in [-0.15, -0.1) is 10.2 Å². The van der Waals surface area contributed by atoms with Crippen molar-refractivity contribution in [2.45, 2.75) is 19.8 Å². The van der Waals surface area contributed by atoms with E-state index in [9.17, 15) is 4.79 Å². The molecule has 0 saturated carbocycles. The van der Waals surface area contributed by atoms with Crippen LogP contribution in [0.3, 0.4) is 0 Å². The normalized spacial score (nSPS) is 10.0. The summed E-state index contributed by atoms with van der Waals surface area (Å²) in [5, 5.41) is 11.6. The summed E-state index contributed by atoms with van der Waals surface area (Å²) >= 11 is 1.36. The van der Waals surface area contributed by atoms with Crippen LogP contribution in [0.1, 0.15) is 17.8 Å². The van der Waals surface area contributed by atoms with Crippen molar-refractivity contribution in [3.05, 3.63) is 5.01 Å². The lowest BCUT2D eigenvalue weighted by molar-refractivity contribution is -0.116. The van der Waals surface area contributed by atoms with Gasteiger partial charge in [-0.2, -0.15) is 0 Å². The van der Waals surface area contributed by atoms with Crippen molar-refractivity contribution in [1.29, 1.82) is 0 Å². The second kappa shape index (κ2) is 4.88. The number of rotatable bonds is 4. The molecule has 1 rings (SSSR count). The average Bonchev–Trinajstić information content (AvgIpc) is 2.48. The predicted molar refractivity (Wildman–Crippen MR) is 51.6 cm³/mol. The third kappa shape index (κ3) is 3.47. The van der Waals surface area contributed by atoms with Gasteiger partial charge >= 0.3 is 0 Å². The zero-order valence-corrected chi connectivity index (χ0v) is 8.23. The van der Waals surface area contributed by atoms with Gasteiger partial charge in [0.2, 0.25) is 11.0 Å². The van der Waals surface area contributed by atoms with Crippen LogP contribution in [0, 0.1) is 6.92 Å². The van der Waals surface area contributed by atoms with Gasteiger partial charge in [-0.3, -0.25) is 4.79 Å². The Hall–Kier alpha value is -1.01. The first-order valence-electron chi connectivity index (χ1n) is 4.02. The molecular formula is C7H12N4OS. The topological polar surface area (TPSA) is 80.9 Å². The largest absolute Gasteiger partial charge is 0.330 e. The van der Waals surface area contributed by atoms with E-state index in [1.807, 2.05) is 6.92 Å². The molecule has 1 aromatic heterocycles. The van der Waals surface area contributed by atoms with Gasteiger partial charge in [0.15, 0.2) is 0 Å². The van der Waals surface area contributed by atoms with Crippen LogP contribution in [0.4, 0.5) is 5.13 Å². The third-order valence-corrected chi connectivity index (χ3v) is 2.13. The van der Waals surface area contributed by atoms with E-state index in [1.165, 1.54) is 11.3 Å². The first kappa shape index (κ1) is 10.1. The first-order chi connectivity index (χ1) is 6.22. The lowest BCUT2D eigenvalue weighted by Gasteiger charge is -1.98. The molecule has 1 heterocycles. The zero-order valence-electron chi connectivity index (χ0n) is 7.41. The molecule has 0 saturated heterocycles. The molecule has 3 N–H and O–H groups in total. The summed E-state index contributed by atoms with van der Waals surface area (Å²) in [6.07, 6.45) is 1.14. The molecule has 0 bridgehead atoms. The van der Waals surface area contributed by atoms with Crippen molar-refractivity contribution in [2.24, 2.45) is 5.73 Å². The van der Waals surface area contributed by atoms with E-state index in [4.69, 9.17) is 5.73 Å². The average molecular weight is 200 g/mol. The number of carbonyl (C=O) groups excluding carboxylic acids is 1. The number of nitrogens with zero attached hydrogens (tertiary/aromatic N) is 2. The van der Waals surface area contributed by atoms with E-state index in [1.54, 1.807) is 0 Å². The Labute approximate surface area is 80.4 Å². The molecule has 72 valence electrons. The number of amides is 1. The molecule has 0 unspecified atom stereocenters. The van der Waals surface area contributed by atoms with E-state index in [0.29, 0.717) is 24.5 Å². The van der Waals surface area contributed by atoms with Crippen LogP contribution in [0.15, 0.2) is 0 Å². The van der Waals surface area contributed by atoms with Crippen molar-refractivity contribution in [2.75, 3.05) is 11.9 Å². The molecule has 13 heavy (non-hydrogen) atoms. The highest BCUT2D eigenvalue weighted by molar-refractivity contribution is 7.15. The van der Waals surface area contributed by atoms with Crippen LogP contribution in [-0.2, 0) is 4.79 Å². The molecule has 0 fully saturated rings. The Kier molecular flexibility index (Phi) is 3.78. The van der Waals surface area contributed by atoms with Crippen molar-refractivity contribution < 1.29 is 4.79 Å². The van der Waals surface area contributed by atoms with Gasteiger partial charge in [0, 0.05) is 6.42 Å². The molecule has 0 aromatic carbocycles. The highest BCUT2D eigenvalue weighted by Crippen LogP contribution is 2.13. The van der Waals surface area contributed by atoms with Gasteiger partial charge in [0.25, 0.3) is 0 Å². The summed E-state index contributed by atoms with van der Waals surface area (Å²) in [7, 11) is 0. The predicted octanol–water partition coefficient (Wildman–Crippen LogP) is 0.524. The van der Waals surface area contributed by atoms with Crippen LogP contribution in [0.5, 0.6) is 0 Å². The molecule has 0 aliphatic rings. The monoisotopic (exact) mass is 200 g/mol. The number of nitrogens with one attached hydrogen (secondary N) is 1. The molecule has 5 nitrogen and oxygen atoms in total. The van der Waals surface area contributed by atoms with E-state index < -0.39 is 0 Å². The van der Waals surface area contributed by atoms with Crippen molar-refractivity contribution in [3.63, 3.8) is 0 Å². The van der Waals surface area contributed by atoms with Crippen molar-refractivity contribution in [3.8, 4) is 0 Å². The van der Waals surface area contributed by atoms with E-state index in [-0.39, 0.29) is 5.91 Å². The fourth-order valence-corrected chi connectivity index (χ4v) is 1.40. The highest BCUT2D eigenvalue weighted by Gasteiger charge is 2.04. The van der Waals surface area contributed by atoms with Gasteiger partial charge in [0.05, 0.1) is 0 Å². The number of aromatic nitrogens is 2. The summed E-state index contributed by atoms with van der Waals surface area (Å²) in [6.45, 7) is 2.37. The maximum atomic E-state index is 11.2. The highest BCUT2D eigenvalue weighted by atomic mass is 32.1. The number of hydrogen-bond donors (Lipinski definition) is 2. The Morgan fingerprint density at radius 2 is 2.38 bits per heavy atom. The van der Waals surface area contributed by atoms with Gasteiger partial charge in [-0.25, -0.2) is 0 Å². The first-order valence-corrected chi connectivity index (χ1v) is 4.84. The lowest BCUT2D eigenvalue weighted by atomic mass is 10.3. The molecule has 0 aliphatic carbocycles. The molecule has 1 aromatic rings. The maximum absolute atomic E-state index is 11.2. The maximum Gasteiger partial charge on any atom is 0.226 e. The Morgan fingerprint density at radius 3 is 2.92 bits per heavy atom. The van der Waals surface area contributed by atoms with Crippen LogP contribution in [0.2, 0.25) is 0 Å². The third-order valence-electron chi connectivity index (χ3n) is 1.38. The number of anilines is 1. The van der Waals surface area contributed by atoms with Crippen LogP contribution in [-0.4, -0.2) is 22.6 Å². The molecular weight excluding hydrogens is 188 g/mol. The second-order valence-electron chi connectivity index (χ2n) is 2.57. The SMILES string of the molecule is Cc1nnc(NC(=O)CCCN)s1. The molecule has 6 heteroatoms. The fraction of sp³-hybridized carbons (Fsp3) is 0.571. The quantitative estimate of drug-likeness (QED) is 0.742. The summed E-state index contributed by atoms with van der Waals surface area (Å²) in [5.74, 6) is -0.0541. The Balaban J connectivity index is 2.36. The van der Waals surface area contributed by atoms with E-state index in [0.717, 1.165) is 5.01 Å². The van der Waals surface area contributed by atoms with Crippen LogP contribution in [0.25, 0.3) is 0 Å². The van der Waals surface area contributed by atoms with Gasteiger partial charge in [0.1, 0.15) is 5.01 Å². The number of aryl methyl sites for hydroxylation is 1. The standard InChI is InChI=1S/C7H12N4OS/c1-5-10-11-7(13-5)9-6(12)3-2-4-8/h2-4,8H2,1H3,(H,9,11,12). The van der Waals surface area contributed by atoms with Gasteiger partial charge < -0.3 is 11.1 Å². The van der Waals surface area contributed by atoms with Gasteiger partial charge in [-0.05, 0) is 19.9 Å². The minimum absolute atomic E-state index is 0.0541. The molecule has 1 amide bonds. The molecule has 0 radical (unpaired) electrons. The van der Waals surface area contributed by atoms with E-state index in [2.05, 4.69) is 15.5 Å². The number of nitrogens with two attached hydrogens (primary N) is 1. The zero-order chi connectivity index (χ0) is 9.68. The van der Waals surface area contributed by atoms with Gasteiger partial charge in [-0.1, -0.05) is 11.3 Å². The number of carbonyl (C=O) groups is 1. The fourth-order valence-electron chi connectivity index (χ4n) is 0.791. The molecule has 0 aliphatic heterocycles. The minimum atomic E-state index is -0.0541. The van der Waals surface area contributed by atoms with Crippen molar-refractivity contribution in [1.82, 2.24) is 10.2 Å². The summed E-state index contributed by atoms with van der Waals surface area (Å²) < 4.78 is 0. The lowest BCUT2D eigenvalue weighted by Crippen LogP contribution is -2.13. The van der Waals surface area contributed by atoms with Crippen LogP contribution < -0.4 is 11.1 Å². The number of hydrogen-bond acceptors (Lipinski definition) is 5. The second-order valence-corrected chi connectivity index (χ2v) is 3.75. The Bertz CT molecular complexity index is 286. The Morgan fingerprint density at radius 1 is 1.62 bits per heavy atom. The summed E-state index contributed by atoms with van der Waals surface area (Å²) in [4.78, 5) is 11.2. The molecule has 0 atom stereocenters. The minimum Gasteiger partial charge on any atom is -0.330 e. The van der Waals surface area contributed by atoms with Crippen molar-refractivity contribution >= 4 is 22.4 Å². The van der Waals surface area contributed by atoms with E-state index >= 15 is 0 Å². The van der Waals surface area contributed by atoms with Crippen LogP contribution >= 0.6 is 11.3 Å².